The molecular formula is C28H17F5N6O2S. The molecule has 42 heavy (non-hydrogen) atoms. The highest BCUT2D eigenvalue weighted by Crippen LogP contribution is 2.39. The summed E-state index contributed by atoms with van der Waals surface area (Å²) >= 11 is 0.708. The number of fused-ring (bicyclic) bond motifs is 3. The molecule has 8 nitrogen and oxygen atoms in total. The Hall–Kier alpha value is -4.98. The Bertz CT molecular complexity index is 2060. The highest BCUT2D eigenvalue weighted by Gasteiger charge is 2.36. The number of nitrogens with two attached hydrogens (primary N) is 1. The average molecular weight is 597 g/mol. The minimum atomic E-state index is -4.85. The van der Waals surface area contributed by atoms with Gasteiger partial charge in [-0.15, -0.1) is 11.3 Å². The molecule has 0 saturated heterocycles. The SMILES string of the molecule is Cc1cc(C(F)F)nc2sc(C(N)=O)c(NC(=O)c3cnn4c(C(F)(F)F)cc(-c5cccc6ccccc56)nc34)c12. The Morgan fingerprint density at radius 1 is 1.05 bits per heavy atom. The van der Waals surface area contributed by atoms with Gasteiger partial charge in [-0.1, -0.05) is 42.5 Å². The zero-order valence-electron chi connectivity index (χ0n) is 21.3. The van der Waals surface area contributed by atoms with Crippen molar-refractivity contribution < 1.29 is 31.5 Å². The number of carbonyl (C=O) groups is 2. The molecule has 212 valence electrons. The van der Waals surface area contributed by atoms with Crippen LogP contribution in [0.1, 0.15) is 43.4 Å². The molecule has 4 aromatic heterocycles. The van der Waals surface area contributed by atoms with Gasteiger partial charge in [0, 0.05) is 10.9 Å². The number of amides is 2. The second-order valence-electron chi connectivity index (χ2n) is 9.31. The van der Waals surface area contributed by atoms with E-state index in [0.717, 1.165) is 23.7 Å². The maximum atomic E-state index is 14.2. The van der Waals surface area contributed by atoms with Gasteiger partial charge in [-0.05, 0) is 35.4 Å². The number of carbonyl (C=O) groups excluding carboxylic acids is 2. The lowest BCUT2D eigenvalue weighted by molar-refractivity contribution is -0.142. The van der Waals surface area contributed by atoms with Crippen LogP contribution in [0.25, 0.3) is 37.9 Å². The van der Waals surface area contributed by atoms with Gasteiger partial charge in [0.2, 0.25) is 0 Å². The van der Waals surface area contributed by atoms with E-state index in [1.807, 2.05) is 12.1 Å². The molecule has 0 aliphatic rings. The van der Waals surface area contributed by atoms with Crippen molar-refractivity contribution in [2.24, 2.45) is 5.73 Å². The number of nitrogens with one attached hydrogen (secondary N) is 1. The summed E-state index contributed by atoms with van der Waals surface area (Å²) in [6.07, 6.45) is -6.80. The highest BCUT2D eigenvalue weighted by molar-refractivity contribution is 7.21. The van der Waals surface area contributed by atoms with Crippen molar-refractivity contribution in [2.45, 2.75) is 19.5 Å². The minimum absolute atomic E-state index is 0.0324. The Balaban J connectivity index is 1.52. The molecular weight excluding hydrogens is 579 g/mol. The van der Waals surface area contributed by atoms with Crippen molar-refractivity contribution in [3.05, 3.63) is 88.2 Å². The average Bonchev–Trinajstić information content (AvgIpc) is 3.53. The van der Waals surface area contributed by atoms with E-state index in [1.165, 1.54) is 6.92 Å². The number of aryl methyl sites for hydroxylation is 1. The van der Waals surface area contributed by atoms with E-state index in [1.54, 1.807) is 30.3 Å². The van der Waals surface area contributed by atoms with Crippen LogP contribution in [-0.2, 0) is 6.18 Å². The van der Waals surface area contributed by atoms with Crippen LogP contribution in [-0.4, -0.2) is 31.4 Å². The summed E-state index contributed by atoms with van der Waals surface area (Å²) in [6, 6.07) is 14.2. The predicted octanol–water partition coefficient (Wildman–Crippen LogP) is 6.78. The molecule has 0 atom stereocenters. The first kappa shape index (κ1) is 27.2. The van der Waals surface area contributed by atoms with Crippen molar-refractivity contribution in [3.63, 3.8) is 0 Å². The number of nitrogens with zero attached hydrogens (tertiary/aromatic N) is 4. The van der Waals surface area contributed by atoms with Crippen molar-refractivity contribution >= 4 is 55.5 Å². The van der Waals surface area contributed by atoms with Crippen molar-refractivity contribution in [2.75, 3.05) is 5.32 Å². The second kappa shape index (κ2) is 9.83. The molecule has 0 saturated carbocycles. The van der Waals surface area contributed by atoms with E-state index >= 15 is 0 Å². The lowest BCUT2D eigenvalue weighted by Gasteiger charge is -2.13. The Morgan fingerprint density at radius 3 is 2.50 bits per heavy atom. The van der Waals surface area contributed by atoms with E-state index in [-0.39, 0.29) is 43.2 Å². The molecule has 2 aromatic carbocycles. The predicted molar refractivity (Wildman–Crippen MR) is 147 cm³/mol. The molecule has 6 rings (SSSR count). The third-order valence-electron chi connectivity index (χ3n) is 6.64. The standard InChI is InChI=1S/C28H17F5N6O2S/c1-12-9-18(23(29)30)37-27-20(12)21(22(42-27)24(34)40)38-26(41)16-11-35-39-19(28(31,32)33)10-17(36-25(16)39)15-8-4-6-13-5-2-3-7-14(13)15/h2-11,23H,1H3,(H2,34,40)(H,38,41). The molecule has 0 aliphatic carbocycles. The summed E-state index contributed by atoms with van der Waals surface area (Å²) in [7, 11) is 0. The van der Waals surface area contributed by atoms with Crippen LogP contribution in [0, 0.1) is 6.92 Å². The monoisotopic (exact) mass is 596 g/mol. The van der Waals surface area contributed by atoms with Gasteiger partial charge < -0.3 is 11.1 Å². The number of thiophene rings is 1. The van der Waals surface area contributed by atoms with Crippen LogP contribution < -0.4 is 11.1 Å². The smallest absolute Gasteiger partial charge is 0.365 e. The number of halogens is 5. The number of benzene rings is 2. The molecule has 0 bridgehead atoms. The fourth-order valence-corrected chi connectivity index (χ4v) is 5.87. The van der Waals surface area contributed by atoms with Gasteiger partial charge in [0.25, 0.3) is 18.2 Å². The topological polar surface area (TPSA) is 115 Å². The molecule has 0 spiro atoms. The summed E-state index contributed by atoms with van der Waals surface area (Å²) in [4.78, 5) is 33.9. The number of anilines is 1. The number of pyridine rings is 1. The fraction of sp³-hybridized carbons (Fsp3) is 0.107. The Kier molecular flexibility index (Phi) is 6.37. The maximum Gasteiger partial charge on any atom is 0.433 e. The number of hydrogen-bond acceptors (Lipinski definition) is 6. The van der Waals surface area contributed by atoms with E-state index in [2.05, 4.69) is 20.4 Å². The molecule has 0 fully saturated rings. The zero-order valence-corrected chi connectivity index (χ0v) is 22.1. The summed E-state index contributed by atoms with van der Waals surface area (Å²) in [6.45, 7) is 1.49. The van der Waals surface area contributed by atoms with E-state index in [9.17, 15) is 31.5 Å². The number of alkyl halides is 5. The van der Waals surface area contributed by atoms with E-state index in [4.69, 9.17) is 5.73 Å². The van der Waals surface area contributed by atoms with Gasteiger partial charge >= 0.3 is 6.18 Å². The molecule has 6 aromatic rings. The van der Waals surface area contributed by atoms with E-state index < -0.39 is 35.8 Å². The van der Waals surface area contributed by atoms with E-state index in [0.29, 0.717) is 26.8 Å². The van der Waals surface area contributed by atoms with Crippen LogP contribution >= 0.6 is 11.3 Å². The van der Waals surface area contributed by atoms with Crippen molar-refractivity contribution in [1.82, 2.24) is 19.6 Å². The van der Waals surface area contributed by atoms with Crippen LogP contribution in [0.5, 0.6) is 0 Å². The Morgan fingerprint density at radius 2 is 1.79 bits per heavy atom. The molecule has 4 heterocycles. The minimum Gasteiger partial charge on any atom is -0.365 e. The quantitative estimate of drug-likeness (QED) is 0.213. The van der Waals surface area contributed by atoms with Crippen LogP contribution in [0.15, 0.2) is 60.8 Å². The summed E-state index contributed by atoms with van der Waals surface area (Å²) < 4.78 is 69.8. The molecule has 0 aliphatic heterocycles. The fourth-order valence-electron chi connectivity index (χ4n) is 4.80. The highest BCUT2D eigenvalue weighted by atomic mass is 32.1. The third-order valence-corrected chi connectivity index (χ3v) is 7.74. The first-order chi connectivity index (χ1) is 19.9. The van der Waals surface area contributed by atoms with Gasteiger partial charge in [-0.3, -0.25) is 9.59 Å². The third kappa shape index (κ3) is 4.49. The molecule has 0 radical (unpaired) electrons. The molecule has 2 amide bonds. The van der Waals surface area contributed by atoms with Gasteiger partial charge in [-0.2, -0.15) is 18.3 Å². The number of primary amides is 1. The lowest BCUT2D eigenvalue weighted by atomic mass is 10.0. The molecule has 3 N–H and O–H groups in total. The van der Waals surface area contributed by atoms with Crippen molar-refractivity contribution in [1.29, 1.82) is 0 Å². The van der Waals surface area contributed by atoms with Crippen LogP contribution in [0.4, 0.5) is 27.6 Å². The largest absolute Gasteiger partial charge is 0.433 e. The van der Waals surface area contributed by atoms with Gasteiger partial charge in [0.1, 0.15) is 21.0 Å². The van der Waals surface area contributed by atoms with Gasteiger partial charge in [0.15, 0.2) is 11.3 Å². The molecule has 0 unspecified atom stereocenters. The lowest BCUT2D eigenvalue weighted by Crippen LogP contribution is -2.18. The van der Waals surface area contributed by atoms with Gasteiger partial charge in [0.05, 0.1) is 17.6 Å². The number of rotatable bonds is 5. The van der Waals surface area contributed by atoms with Crippen LogP contribution in [0.2, 0.25) is 0 Å². The maximum absolute atomic E-state index is 14.2. The normalized spacial score (nSPS) is 12.1. The second-order valence-corrected chi connectivity index (χ2v) is 10.3. The summed E-state index contributed by atoms with van der Waals surface area (Å²) in [5.74, 6) is -1.90. The van der Waals surface area contributed by atoms with Gasteiger partial charge in [-0.25, -0.2) is 23.3 Å². The molecule has 14 heteroatoms. The van der Waals surface area contributed by atoms with Crippen LogP contribution in [0.3, 0.4) is 0 Å². The zero-order chi connectivity index (χ0) is 29.9. The van der Waals surface area contributed by atoms with Crippen molar-refractivity contribution in [3.8, 4) is 11.3 Å². The number of aromatic nitrogens is 4. The summed E-state index contributed by atoms with van der Waals surface area (Å²) in [5, 5.41) is 7.93. The first-order valence-corrected chi connectivity index (χ1v) is 13.0. The first-order valence-electron chi connectivity index (χ1n) is 12.2. The number of hydrogen-bond donors (Lipinski definition) is 2. The summed E-state index contributed by atoms with van der Waals surface area (Å²) in [5.41, 5.74) is 3.65. The Labute approximate surface area is 236 Å².